The Morgan fingerprint density at radius 3 is 2.54 bits per heavy atom. The monoisotopic (exact) mass is 542 g/mol. The second-order valence-corrected chi connectivity index (χ2v) is 12.2. The van der Waals surface area contributed by atoms with E-state index in [4.69, 9.17) is 9.47 Å². The van der Waals surface area contributed by atoms with Crippen LogP contribution in [0.4, 0.5) is 0 Å². The SMILES string of the molecule is COC(=O)C1(NC(=O)C2=C(O)[C@H](C)[C@]34CCN(CC5CC5)[C@H](Cc5ccc(O)c(O)c53)[C@]4(O)C2)CCOCC1. The summed E-state index contributed by atoms with van der Waals surface area (Å²) in [5.41, 5.74) is -2.57. The smallest absolute Gasteiger partial charge is 0.331 e. The standard InChI is InChI=1S/C29H38N2O8/c1-16-23(33)19(25(35)30-27(26(36)38-2)8-11-39-12-9-27)14-29(37)21-13-18-5-6-20(32)24(34)22(18)28(16,29)7-10-31(21)15-17-3-4-17/h5-6,16-17,21,32-34,37H,3-4,7-15H2,1-2H3,(H,30,35)/t16-,21+,28+,29+/m0/s1. The number of likely N-dealkylation sites (tertiary alicyclic amines) is 1. The highest BCUT2D eigenvalue weighted by molar-refractivity contribution is 5.98. The number of ether oxygens (including phenoxy) is 2. The minimum atomic E-state index is -1.51. The fourth-order valence-corrected chi connectivity index (χ4v) is 8.00. The largest absolute Gasteiger partial charge is 0.512 e. The van der Waals surface area contributed by atoms with Gasteiger partial charge in [-0.1, -0.05) is 13.0 Å². The number of amides is 1. The Labute approximate surface area is 227 Å². The number of carbonyl (C=O) groups excluding carboxylic acids is 2. The number of hydrogen-bond donors (Lipinski definition) is 5. The Morgan fingerprint density at radius 2 is 1.87 bits per heavy atom. The van der Waals surface area contributed by atoms with Crippen molar-refractivity contribution in [1.82, 2.24) is 10.2 Å². The lowest BCUT2D eigenvalue weighted by molar-refractivity contribution is -0.172. The van der Waals surface area contributed by atoms with E-state index in [2.05, 4.69) is 10.2 Å². The van der Waals surface area contributed by atoms with Crippen LogP contribution in [0, 0.1) is 11.8 Å². The van der Waals surface area contributed by atoms with E-state index in [0.717, 1.165) is 24.9 Å². The third kappa shape index (κ3) is 3.71. The van der Waals surface area contributed by atoms with Gasteiger partial charge >= 0.3 is 5.97 Å². The summed E-state index contributed by atoms with van der Waals surface area (Å²) < 4.78 is 10.4. The normalized spacial score (nSPS) is 33.6. The van der Waals surface area contributed by atoms with Gasteiger partial charge in [0.2, 0.25) is 0 Å². The molecule has 0 spiro atoms. The van der Waals surface area contributed by atoms with Crippen LogP contribution in [0.25, 0.3) is 0 Å². The van der Waals surface area contributed by atoms with Crippen molar-refractivity contribution in [3.63, 3.8) is 0 Å². The van der Waals surface area contributed by atoms with Crippen LogP contribution >= 0.6 is 0 Å². The molecule has 1 amide bonds. The minimum absolute atomic E-state index is 0.0387. The van der Waals surface area contributed by atoms with Crippen LogP contribution in [0.5, 0.6) is 11.5 Å². The number of benzene rings is 1. The Balaban J connectivity index is 1.45. The number of carbonyl (C=O) groups is 2. The van der Waals surface area contributed by atoms with Crippen LogP contribution in [-0.4, -0.2) is 87.8 Å². The van der Waals surface area contributed by atoms with E-state index < -0.39 is 34.3 Å². The number of phenolic OH excluding ortho intramolecular Hbond substituents is 2. The predicted octanol–water partition coefficient (Wildman–Crippen LogP) is 1.80. The first kappa shape index (κ1) is 26.4. The van der Waals surface area contributed by atoms with Gasteiger partial charge in [-0.3, -0.25) is 9.69 Å². The first-order chi connectivity index (χ1) is 18.6. The van der Waals surface area contributed by atoms with E-state index >= 15 is 0 Å². The molecule has 1 aromatic carbocycles. The molecule has 2 saturated heterocycles. The molecule has 1 saturated carbocycles. The number of rotatable bonds is 5. The van der Waals surface area contributed by atoms with E-state index in [0.29, 0.717) is 30.9 Å². The lowest BCUT2D eigenvalue weighted by atomic mass is 9.46. The van der Waals surface area contributed by atoms with Crippen LogP contribution in [0.1, 0.15) is 56.6 Å². The fraction of sp³-hybridized carbons (Fsp3) is 0.655. The second kappa shape index (κ2) is 9.11. The Bertz CT molecular complexity index is 1240. The molecule has 10 heteroatoms. The Kier molecular flexibility index (Phi) is 6.17. The van der Waals surface area contributed by atoms with Crippen molar-refractivity contribution in [2.75, 3.05) is 33.4 Å². The van der Waals surface area contributed by atoms with Crippen LogP contribution < -0.4 is 5.32 Å². The van der Waals surface area contributed by atoms with Gasteiger partial charge in [0.15, 0.2) is 11.5 Å². The van der Waals surface area contributed by atoms with Crippen molar-refractivity contribution < 1.29 is 39.5 Å². The molecule has 39 heavy (non-hydrogen) atoms. The molecule has 10 nitrogen and oxygen atoms in total. The first-order valence-corrected chi connectivity index (χ1v) is 14.0. The van der Waals surface area contributed by atoms with Gasteiger partial charge in [-0.05, 0) is 49.8 Å². The van der Waals surface area contributed by atoms with Crippen molar-refractivity contribution in [1.29, 1.82) is 0 Å². The zero-order chi connectivity index (χ0) is 27.7. The Morgan fingerprint density at radius 1 is 1.15 bits per heavy atom. The number of methoxy groups -OCH3 is 1. The predicted molar refractivity (Wildman–Crippen MR) is 139 cm³/mol. The van der Waals surface area contributed by atoms with E-state index in [9.17, 15) is 30.0 Å². The molecule has 5 aliphatic rings. The van der Waals surface area contributed by atoms with Gasteiger partial charge < -0.3 is 35.2 Å². The van der Waals surface area contributed by atoms with Crippen LogP contribution in [0.2, 0.25) is 0 Å². The number of fused-ring (bicyclic) bond motifs is 1. The number of nitrogens with zero attached hydrogens (tertiary/aromatic N) is 1. The zero-order valence-electron chi connectivity index (χ0n) is 22.5. The summed E-state index contributed by atoms with van der Waals surface area (Å²) in [6.07, 6.45) is 3.52. The first-order valence-electron chi connectivity index (χ1n) is 14.0. The topological polar surface area (TPSA) is 149 Å². The lowest BCUT2D eigenvalue weighted by Gasteiger charge is -2.65. The molecule has 2 aliphatic heterocycles. The number of hydrogen-bond acceptors (Lipinski definition) is 9. The maximum Gasteiger partial charge on any atom is 0.331 e. The number of nitrogens with one attached hydrogen (secondary N) is 1. The number of aliphatic hydroxyl groups is 2. The van der Waals surface area contributed by atoms with Crippen LogP contribution in [-0.2, 0) is 30.9 Å². The van der Waals surface area contributed by atoms with Crippen molar-refractivity contribution in [2.24, 2.45) is 11.8 Å². The molecule has 6 rings (SSSR count). The van der Waals surface area contributed by atoms with Crippen molar-refractivity contribution in [2.45, 2.75) is 74.5 Å². The maximum atomic E-state index is 13.8. The molecule has 2 heterocycles. The van der Waals surface area contributed by atoms with Gasteiger partial charge in [0.1, 0.15) is 11.3 Å². The van der Waals surface area contributed by atoms with Gasteiger partial charge in [0.25, 0.3) is 5.91 Å². The van der Waals surface area contributed by atoms with E-state index in [1.807, 2.05) is 0 Å². The summed E-state index contributed by atoms with van der Waals surface area (Å²) in [4.78, 5) is 28.9. The second-order valence-electron chi connectivity index (χ2n) is 12.2. The molecule has 0 unspecified atom stereocenters. The van der Waals surface area contributed by atoms with Gasteiger partial charge in [-0.25, -0.2) is 4.79 Å². The minimum Gasteiger partial charge on any atom is -0.512 e. The summed E-state index contributed by atoms with van der Waals surface area (Å²) in [5.74, 6) is -2.07. The molecule has 1 aromatic rings. The highest BCUT2D eigenvalue weighted by atomic mass is 16.5. The Hall–Kier alpha value is -2.82. The molecule has 4 atom stereocenters. The van der Waals surface area contributed by atoms with Gasteiger partial charge in [-0.15, -0.1) is 0 Å². The molecule has 0 aromatic heterocycles. The number of phenols is 2. The molecule has 0 radical (unpaired) electrons. The summed E-state index contributed by atoms with van der Waals surface area (Å²) in [6, 6.07) is 2.91. The summed E-state index contributed by atoms with van der Waals surface area (Å²) in [5, 5.41) is 48.8. The molecule has 5 N–H and O–H groups in total. The number of esters is 1. The number of aromatic hydroxyl groups is 2. The van der Waals surface area contributed by atoms with Crippen molar-refractivity contribution in [3.05, 3.63) is 34.6 Å². The molecular weight excluding hydrogens is 504 g/mol. The third-order valence-electron chi connectivity index (χ3n) is 10.3. The number of piperidine rings is 1. The van der Waals surface area contributed by atoms with E-state index in [1.165, 1.54) is 13.2 Å². The average Bonchev–Trinajstić information content (AvgIpc) is 3.74. The maximum absolute atomic E-state index is 13.8. The summed E-state index contributed by atoms with van der Waals surface area (Å²) >= 11 is 0. The van der Waals surface area contributed by atoms with Crippen LogP contribution in [0.15, 0.2) is 23.5 Å². The fourth-order valence-electron chi connectivity index (χ4n) is 8.00. The highest BCUT2D eigenvalue weighted by Crippen LogP contribution is 2.64. The number of allylic oxidation sites excluding steroid dienone is 1. The van der Waals surface area contributed by atoms with Crippen LogP contribution in [0.3, 0.4) is 0 Å². The third-order valence-corrected chi connectivity index (χ3v) is 10.3. The zero-order valence-corrected chi connectivity index (χ0v) is 22.5. The van der Waals surface area contributed by atoms with E-state index in [-0.39, 0.29) is 61.3 Å². The quantitative estimate of drug-likeness (QED) is 0.277. The molecule has 3 fully saturated rings. The average molecular weight is 543 g/mol. The molecule has 3 aliphatic carbocycles. The molecular formula is C29H38N2O8. The molecule has 212 valence electrons. The summed E-state index contributed by atoms with van der Waals surface area (Å²) in [6.45, 7) is 3.84. The lowest BCUT2D eigenvalue weighted by Crippen LogP contribution is -2.75. The van der Waals surface area contributed by atoms with Gasteiger partial charge in [0.05, 0.1) is 18.3 Å². The summed E-state index contributed by atoms with van der Waals surface area (Å²) in [7, 11) is 1.27. The number of aliphatic hydroxyl groups excluding tert-OH is 1. The highest BCUT2D eigenvalue weighted by Gasteiger charge is 2.69. The van der Waals surface area contributed by atoms with Gasteiger partial charge in [0, 0.05) is 62.0 Å². The van der Waals surface area contributed by atoms with Crippen molar-refractivity contribution >= 4 is 11.9 Å². The van der Waals surface area contributed by atoms with Crippen molar-refractivity contribution in [3.8, 4) is 11.5 Å². The molecule has 2 bridgehead atoms. The van der Waals surface area contributed by atoms with Gasteiger partial charge in [-0.2, -0.15) is 0 Å². The van der Waals surface area contributed by atoms with E-state index in [1.54, 1.807) is 13.0 Å².